The summed E-state index contributed by atoms with van der Waals surface area (Å²) in [6.45, 7) is 3.70. The maximum absolute atomic E-state index is 12.8. The fourth-order valence-electron chi connectivity index (χ4n) is 11.4. The lowest BCUT2D eigenvalue weighted by Crippen LogP contribution is -2.29. The Kier molecular flexibility index (Phi) is 70.9. The Labute approximate surface area is 539 Å². The monoisotopic (exact) mass is 1240 g/mol. The van der Waals surface area contributed by atoms with Gasteiger partial charge in [0.2, 0.25) is 0 Å². The van der Waals surface area contributed by atoms with Crippen LogP contribution in [-0.2, 0) is 32.7 Å². The van der Waals surface area contributed by atoms with Gasteiger partial charge in [-0.1, -0.05) is 376 Å². The van der Waals surface area contributed by atoms with Gasteiger partial charge in [0, 0.05) is 19.4 Å². The maximum Gasteiger partial charge on any atom is 0.472 e. The summed E-state index contributed by atoms with van der Waals surface area (Å²) in [5, 5.41) is 0. The average Bonchev–Trinajstić information content (AvgIpc) is 3.64. The molecule has 0 aliphatic rings. The summed E-state index contributed by atoms with van der Waals surface area (Å²) < 4.78 is 33.2. The fourth-order valence-corrected chi connectivity index (χ4v) is 12.1. The van der Waals surface area contributed by atoms with Crippen LogP contribution in [0, 0.1) is 0 Å². The molecule has 2 unspecified atom stereocenters. The second kappa shape index (κ2) is 72.8. The number of hydrogen-bond donors (Lipinski definition) is 2. The standard InChI is InChI=1S/C77H144NO8P/c1-3-5-7-9-11-13-15-17-19-21-23-25-27-29-31-33-35-37-39-41-43-45-47-49-51-53-55-57-59-61-63-65-67-69-76(79)83-73-75(74-85-87(81,82)84-72-71-78)86-77(80)70-68-66-64-62-60-58-56-54-52-50-48-46-44-42-40-38-36-34-32-30-28-26-24-22-20-18-16-14-12-10-8-6-4-2/h6,8,12,14,18,20,24,26,30,32,75H,3-5,7,9-11,13,15-17,19,21-23,25,27-29,31,33-74,78H2,1-2H3,(H,81,82)/b8-6-,14-12-,20-18-,26-24-,32-30-. The molecule has 0 heterocycles. The normalized spacial score (nSPS) is 13.2. The summed E-state index contributed by atoms with van der Waals surface area (Å²) in [6, 6.07) is 0. The number of allylic oxidation sites excluding steroid dienone is 10. The highest BCUT2D eigenvalue weighted by Gasteiger charge is 2.26. The molecule has 0 fully saturated rings. The van der Waals surface area contributed by atoms with Crippen LogP contribution >= 0.6 is 7.82 Å². The number of esters is 2. The van der Waals surface area contributed by atoms with Crippen molar-refractivity contribution in [3.8, 4) is 0 Å². The van der Waals surface area contributed by atoms with E-state index in [0.29, 0.717) is 6.42 Å². The Bertz CT molecular complexity index is 1610. The molecule has 0 radical (unpaired) electrons. The first-order valence-corrected chi connectivity index (χ1v) is 39.3. The van der Waals surface area contributed by atoms with Gasteiger partial charge >= 0.3 is 19.8 Å². The lowest BCUT2D eigenvalue weighted by molar-refractivity contribution is -0.161. The van der Waals surface area contributed by atoms with Crippen LogP contribution in [0.3, 0.4) is 0 Å². The number of ether oxygens (including phenoxy) is 2. The molecule has 0 bridgehead atoms. The molecule has 0 aromatic rings. The minimum Gasteiger partial charge on any atom is -0.462 e. The van der Waals surface area contributed by atoms with Gasteiger partial charge in [0.15, 0.2) is 6.10 Å². The van der Waals surface area contributed by atoms with Crippen molar-refractivity contribution in [2.45, 2.75) is 392 Å². The second-order valence-corrected chi connectivity index (χ2v) is 27.0. The summed E-state index contributed by atoms with van der Waals surface area (Å²) in [5.74, 6) is -0.806. The van der Waals surface area contributed by atoms with Crippen LogP contribution in [0.25, 0.3) is 0 Å². The molecule has 0 aromatic carbocycles. The molecule has 87 heavy (non-hydrogen) atoms. The number of phosphoric ester groups is 1. The number of nitrogens with two attached hydrogens (primary N) is 1. The Hall–Kier alpha value is -2.29. The van der Waals surface area contributed by atoms with Gasteiger partial charge in [0.05, 0.1) is 13.2 Å². The van der Waals surface area contributed by atoms with Gasteiger partial charge in [-0.3, -0.25) is 18.6 Å². The van der Waals surface area contributed by atoms with E-state index < -0.39 is 26.5 Å². The SMILES string of the molecule is CC/C=C\C/C=C\C/C=C\C/C=C\C/C=C\CCCCCCCCCCCCCCCCCCCC(=O)OC(COC(=O)CCCCCCCCCCCCCCCCCCCCCCCCCCCCCCCCCCC)COP(=O)(O)OCCN. The van der Waals surface area contributed by atoms with Gasteiger partial charge in [-0.25, -0.2) is 4.57 Å². The molecule has 9 nitrogen and oxygen atoms in total. The maximum atomic E-state index is 12.8. The molecule has 2 atom stereocenters. The average molecular weight is 1240 g/mol. The predicted octanol–water partition coefficient (Wildman–Crippen LogP) is 25.0. The zero-order chi connectivity index (χ0) is 63.0. The summed E-state index contributed by atoms with van der Waals surface area (Å²) in [4.78, 5) is 35.4. The largest absolute Gasteiger partial charge is 0.472 e. The minimum atomic E-state index is -4.39. The topological polar surface area (TPSA) is 134 Å². The van der Waals surface area contributed by atoms with Crippen molar-refractivity contribution in [1.82, 2.24) is 0 Å². The molecule has 0 saturated carbocycles. The van der Waals surface area contributed by atoms with Crippen molar-refractivity contribution in [2.75, 3.05) is 26.4 Å². The molecule has 0 aliphatic carbocycles. The summed E-state index contributed by atoms with van der Waals surface area (Å²) in [6.07, 6.45) is 94.9. The molecular weight excluding hydrogens is 1100 g/mol. The van der Waals surface area contributed by atoms with Gasteiger partial charge < -0.3 is 20.1 Å². The highest BCUT2D eigenvalue weighted by atomic mass is 31.2. The van der Waals surface area contributed by atoms with Crippen LogP contribution in [0.1, 0.15) is 386 Å². The highest BCUT2D eigenvalue weighted by molar-refractivity contribution is 7.47. The van der Waals surface area contributed by atoms with Crippen LogP contribution < -0.4 is 5.73 Å². The van der Waals surface area contributed by atoms with E-state index in [1.165, 1.54) is 283 Å². The number of carbonyl (C=O) groups is 2. The zero-order valence-corrected chi connectivity index (χ0v) is 58.4. The van der Waals surface area contributed by atoms with Gasteiger partial charge in [0.1, 0.15) is 6.61 Å². The summed E-state index contributed by atoms with van der Waals surface area (Å²) >= 11 is 0. The van der Waals surface area contributed by atoms with Gasteiger partial charge in [-0.2, -0.15) is 0 Å². The second-order valence-electron chi connectivity index (χ2n) is 25.5. The molecule has 0 rings (SSSR count). The van der Waals surface area contributed by atoms with E-state index in [1.807, 2.05) is 0 Å². The van der Waals surface area contributed by atoms with E-state index in [1.54, 1.807) is 0 Å². The Morgan fingerprint density at radius 1 is 0.356 bits per heavy atom. The van der Waals surface area contributed by atoms with Crippen molar-refractivity contribution < 1.29 is 37.6 Å². The first-order chi connectivity index (χ1) is 42.8. The van der Waals surface area contributed by atoms with Crippen molar-refractivity contribution in [3.05, 3.63) is 60.8 Å². The van der Waals surface area contributed by atoms with Gasteiger partial charge in [-0.05, 0) is 57.8 Å². The number of hydrogen-bond acceptors (Lipinski definition) is 8. The number of phosphoric acid groups is 1. The first kappa shape index (κ1) is 84.7. The van der Waals surface area contributed by atoms with E-state index in [2.05, 4.69) is 74.6 Å². The quantitative estimate of drug-likeness (QED) is 0.0264. The van der Waals surface area contributed by atoms with E-state index in [0.717, 1.165) is 70.6 Å². The zero-order valence-electron chi connectivity index (χ0n) is 57.5. The fraction of sp³-hybridized carbons (Fsp3) is 0.844. The number of unbranched alkanes of at least 4 members (excludes halogenated alkanes) is 49. The smallest absolute Gasteiger partial charge is 0.462 e. The third-order valence-electron chi connectivity index (χ3n) is 16.9. The molecule has 0 saturated heterocycles. The van der Waals surface area contributed by atoms with E-state index in [-0.39, 0.29) is 38.6 Å². The molecule has 0 amide bonds. The van der Waals surface area contributed by atoms with E-state index >= 15 is 0 Å². The van der Waals surface area contributed by atoms with E-state index in [9.17, 15) is 19.0 Å². The Morgan fingerprint density at radius 3 is 0.943 bits per heavy atom. The predicted molar refractivity (Wildman–Crippen MR) is 376 cm³/mol. The van der Waals surface area contributed by atoms with Crippen molar-refractivity contribution >= 4 is 19.8 Å². The summed E-state index contributed by atoms with van der Waals surface area (Å²) in [5.41, 5.74) is 5.41. The van der Waals surface area contributed by atoms with Crippen LogP contribution in [0.15, 0.2) is 60.8 Å². The molecule has 10 heteroatoms. The van der Waals surface area contributed by atoms with Gasteiger partial charge in [0.25, 0.3) is 0 Å². The Balaban J connectivity index is 3.79. The molecule has 0 aliphatic heterocycles. The molecule has 3 N–H and O–H groups in total. The molecule has 0 aromatic heterocycles. The minimum absolute atomic E-state index is 0.0548. The van der Waals surface area contributed by atoms with Crippen LogP contribution in [0.4, 0.5) is 0 Å². The van der Waals surface area contributed by atoms with Gasteiger partial charge in [-0.15, -0.1) is 0 Å². The highest BCUT2D eigenvalue weighted by Crippen LogP contribution is 2.43. The van der Waals surface area contributed by atoms with Crippen molar-refractivity contribution in [1.29, 1.82) is 0 Å². The van der Waals surface area contributed by atoms with Crippen molar-refractivity contribution in [2.24, 2.45) is 5.73 Å². The molecular formula is C77H144NO8P. The molecule has 0 spiro atoms. The van der Waals surface area contributed by atoms with Crippen LogP contribution in [-0.4, -0.2) is 49.3 Å². The number of rotatable bonds is 72. The third-order valence-corrected chi connectivity index (χ3v) is 17.9. The first-order valence-electron chi connectivity index (χ1n) is 37.8. The summed E-state index contributed by atoms with van der Waals surface area (Å²) in [7, 11) is -4.39. The lowest BCUT2D eigenvalue weighted by Gasteiger charge is -2.19. The lowest BCUT2D eigenvalue weighted by atomic mass is 10.0. The Morgan fingerprint density at radius 2 is 0.632 bits per heavy atom. The van der Waals surface area contributed by atoms with Crippen LogP contribution in [0.2, 0.25) is 0 Å². The number of carbonyl (C=O) groups excluding carboxylic acids is 2. The van der Waals surface area contributed by atoms with Crippen LogP contribution in [0.5, 0.6) is 0 Å². The molecule has 510 valence electrons. The van der Waals surface area contributed by atoms with Crippen molar-refractivity contribution in [3.63, 3.8) is 0 Å². The van der Waals surface area contributed by atoms with E-state index in [4.69, 9.17) is 24.3 Å². The third kappa shape index (κ3) is 72.6.